The second-order valence-electron chi connectivity index (χ2n) is 8.53. The van der Waals surface area contributed by atoms with E-state index in [4.69, 9.17) is 21.3 Å². The van der Waals surface area contributed by atoms with Crippen molar-refractivity contribution in [3.63, 3.8) is 0 Å². The van der Waals surface area contributed by atoms with Crippen LogP contribution in [0.1, 0.15) is 19.7 Å². The molecule has 0 unspecified atom stereocenters. The highest BCUT2D eigenvalue weighted by molar-refractivity contribution is 6.36. The molecule has 0 bridgehead atoms. The lowest BCUT2D eigenvalue weighted by atomic mass is 9.96. The molecule has 8 nitrogen and oxygen atoms in total. The number of nitriles is 1. The van der Waals surface area contributed by atoms with Gasteiger partial charge >= 0.3 is 0 Å². The molecule has 0 aliphatic carbocycles. The summed E-state index contributed by atoms with van der Waals surface area (Å²) in [6.07, 6.45) is 5.24. The quantitative estimate of drug-likeness (QED) is 0.364. The number of H-pyrrole nitrogens is 1. The Morgan fingerprint density at radius 3 is 2.79 bits per heavy atom. The average Bonchev–Trinajstić information content (AvgIpc) is 3.40. The Morgan fingerprint density at radius 2 is 1.97 bits per heavy atom. The van der Waals surface area contributed by atoms with Crippen LogP contribution in [-0.2, 0) is 6.54 Å². The molecule has 0 aliphatic rings. The molecule has 0 aliphatic heterocycles. The normalized spacial score (nSPS) is 11.7. The molecule has 0 fully saturated rings. The molecule has 0 saturated heterocycles. The van der Waals surface area contributed by atoms with E-state index < -0.39 is 5.41 Å². The summed E-state index contributed by atoms with van der Waals surface area (Å²) in [4.78, 5) is 16.8. The molecule has 164 valence electrons. The fourth-order valence-corrected chi connectivity index (χ4v) is 3.81. The van der Waals surface area contributed by atoms with Crippen molar-refractivity contribution in [3.05, 3.63) is 59.8 Å². The van der Waals surface area contributed by atoms with E-state index in [9.17, 15) is 5.26 Å². The van der Waals surface area contributed by atoms with Crippen LogP contribution < -0.4 is 4.74 Å². The Hall–Kier alpha value is -3.96. The molecule has 2 aromatic carbocycles. The number of halogens is 1. The lowest BCUT2D eigenvalue weighted by Gasteiger charge is -2.14. The predicted molar refractivity (Wildman–Crippen MR) is 126 cm³/mol. The molecular formula is C24H20ClN7O. The molecule has 1 N–H and O–H groups in total. The van der Waals surface area contributed by atoms with Crippen LogP contribution in [0.5, 0.6) is 11.5 Å². The van der Waals surface area contributed by atoms with E-state index >= 15 is 0 Å². The van der Waals surface area contributed by atoms with Gasteiger partial charge in [0.2, 0.25) is 0 Å². The minimum absolute atomic E-state index is 0.376. The van der Waals surface area contributed by atoms with Crippen LogP contribution in [0.4, 0.5) is 0 Å². The van der Waals surface area contributed by atoms with Gasteiger partial charge in [0.05, 0.1) is 52.7 Å². The third-order valence-corrected chi connectivity index (χ3v) is 5.57. The number of nitrogens with one attached hydrogen (secondary N) is 1. The van der Waals surface area contributed by atoms with Gasteiger partial charge in [-0.1, -0.05) is 11.6 Å². The van der Waals surface area contributed by atoms with Crippen molar-refractivity contribution in [1.29, 1.82) is 5.26 Å². The third-order valence-electron chi connectivity index (χ3n) is 5.21. The zero-order valence-corrected chi connectivity index (χ0v) is 19.1. The minimum Gasteiger partial charge on any atom is -0.456 e. The fraction of sp³-hybridized carbons (Fsp3) is 0.208. The molecular weight excluding hydrogens is 438 g/mol. The van der Waals surface area contributed by atoms with Gasteiger partial charge in [-0.3, -0.25) is 9.67 Å². The average molecular weight is 458 g/mol. The summed E-state index contributed by atoms with van der Waals surface area (Å²) in [5, 5.41) is 14.0. The van der Waals surface area contributed by atoms with Crippen LogP contribution >= 0.6 is 11.6 Å². The van der Waals surface area contributed by atoms with Crippen molar-refractivity contribution in [2.45, 2.75) is 27.3 Å². The monoisotopic (exact) mass is 457 g/mol. The number of aromatic nitrogens is 6. The van der Waals surface area contributed by atoms with Gasteiger partial charge in [0.15, 0.2) is 0 Å². The summed E-state index contributed by atoms with van der Waals surface area (Å²) in [5.74, 6) is 1.96. The maximum Gasteiger partial charge on any atom is 0.148 e. The van der Waals surface area contributed by atoms with Gasteiger partial charge < -0.3 is 9.72 Å². The summed E-state index contributed by atoms with van der Waals surface area (Å²) < 4.78 is 7.79. The van der Waals surface area contributed by atoms with E-state index in [2.05, 4.69) is 26.1 Å². The summed E-state index contributed by atoms with van der Waals surface area (Å²) in [6.45, 7) is 6.13. The van der Waals surface area contributed by atoms with Crippen LogP contribution in [0.15, 0.2) is 48.9 Å². The van der Waals surface area contributed by atoms with Gasteiger partial charge in [0, 0.05) is 17.8 Å². The molecule has 5 aromatic rings. The zero-order valence-electron chi connectivity index (χ0n) is 18.3. The maximum atomic E-state index is 9.27. The lowest BCUT2D eigenvalue weighted by Crippen LogP contribution is -2.17. The highest BCUT2D eigenvalue weighted by Crippen LogP contribution is 2.35. The number of hydrogen-bond acceptors (Lipinski definition) is 6. The molecule has 9 heteroatoms. The first-order chi connectivity index (χ1) is 15.8. The van der Waals surface area contributed by atoms with E-state index in [1.807, 2.05) is 51.2 Å². The lowest BCUT2D eigenvalue weighted by molar-refractivity contribution is 0.384. The van der Waals surface area contributed by atoms with E-state index in [0.29, 0.717) is 39.8 Å². The first kappa shape index (κ1) is 20.9. The van der Waals surface area contributed by atoms with Crippen LogP contribution in [0.25, 0.3) is 33.3 Å². The molecule has 0 atom stereocenters. The first-order valence-electron chi connectivity index (χ1n) is 10.3. The number of fused-ring (bicyclic) bond motifs is 2. The molecule has 3 heterocycles. The number of ether oxygens (including phenoxy) is 1. The predicted octanol–water partition coefficient (Wildman–Crippen LogP) is 5.67. The van der Waals surface area contributed by atoms with Crippen LogP contribution in [0.2, 0.25) is 5.02 Å². The smallest absolute Gasteiger partial charge is 0.148 e. The molecule has 0 radical (unpaired) electrons. The van der Waals surface area contributed by atoms with Gasteiger partial charge in [-0.25, -0.2) is 9.97 Å². The van der Waals surface area contributed by atoms with E-state index in [1.54, 1.807) is 23.1 Å². The summed E-state index contributed by atoms with van der Waals surface area (Å²) in [5.41, 5.74) is 3.87. The fourth-order valence-electron chi connectivity index (χ4n) is 3.57. The van der Waals surface area contributed by atoms with Crippen molar-refractivity contribution in [2.24, 2.45) is 5.41 Å². The van der Waals surface area contributed by atoms with Gasteiger partial charge in [0.25, 0.3) is 0 Å². The largest absolute Gasteiger partial charge is 0.456 e. The van der Waals surface area contributed by atoms with Gasteiger partial charge in [-0.05, 0) is 45.0 Å². The summed E-state index contributed by atoms with van der Waals surface area (Å²) >= 11 is 6.68. The number of benzene rings is 2. The van der Waals surface area contributed by atoms with Gasteiger partial charge in [0.1, 0.15) is 27.9 Å². The van der Waals surface area contributed by atoms with Crippen molar-refractivity contribution in [1.82, 2.24) is 29.7 Å². The molecule has 0 saturated carbocycles. The van der Waals surface area contributed by atoms with Crippen LogP contribution in [-0.4, -0.2) is 29.7 Å². The Labute approximate surface area is 194 Å². The zero-order chi connectivity index (χ0) is 23.2. The Balaban J connectivity index is 1.47. The standard InChI is InChI=1S/C24H20ClN7O/c1-14-29-17-5-4-16(8-19(17)30-14)33-21-7-6-18-23(22(21)25)31-20(10-27-18)15-9-28-32(11-15)13-24(2,3)12-26/h4-11H,13H2,1-3H3,(H,29,30). The molecule has 3 aromatic heterocycles. The van der Waals surface area contributed by atoms with Crippen LogP contribution in [0, 0.1) is 23.7 Å². The number of rotatable bonds is 5. The van der Waals surface area contributed by atoms with Crippen molar-refractivity contribution in [2.75, 3.05) is 0 Å². The Kier molecular flexibility index (Phi) is 4.99. The summed E-state index contributed by atoms with van der Waals surface area (Å²) in [6, 6.07) is 11.5. The number of nitrogens with zero attached hydrogens (tertiary/aromatic N) is 6. The number of imidazole rings is 1. The van der Waals surface area contributed by atoms with Gasteiger partial charge in [-0.2, -0.15) is 10.4 Å². The summed E-state index contributed by atoms with van der Waals surface area (Å²) in [7, 11) is 0. The van der Waals surface area contributed by atoms with E-state index in [0.717, 1.165) is 22.4 Å². The highest BCUT2D eigenvalue weighted by Gasteiger charge is 2.19. The topological polar surface area (TPSA) is 105 Å². The number of aryl methyl sites for hydroxylation is 1. The van der Waals surface area contributed by atoms with Crippen molar-refractivity contribution < 1.29 is 4.74 Å². The van der Waals surface area contributed by atoms with Crippen molar-refractivity contribution in [3.8, 4) is 28.8 Å². The maximum absolute atomic E-state index is 9.27. The third kappa shape index (κ3) is 4.11. The SMILES string of the molecule is Cc1nc2ccc(Oc3ccc4ncc(-c5cnn(CC(C)(C)C#N)c5)nc4c3Cl)cc2[nH]1. The van der Waals surface area contributed by atoms with Gasteiger partial charge in [-0.15, -0.1) is 0 Å². The minimum atomic E-state index is -0.522. The van der Waals surface area contributed by atoms with E-state index in [-0.39, 0.29) is 0 Å². The first-order valence-corrected chi connectivity index (χ1v) is 10.7. The highest BCUT2D eigenvalue weighted by atomic mass is 35.5. The second kappa shape index (κ2) is 7.87. The van der Waals surface area contributed by atoms with Crippen molar-refractivity contribution >= 4 is 33.7 Å². The molecule has 0 amide bonds. The second-order valence-corrected chi connectivity index (χ2v) is 8.90. The molecule has 0 spiro atoms. The Bertz CT molecular complexity index is 1540. The Morgan fingerprint density at radius 1 is 1.15 bits per heavy atom. The molecule has 33 heavy (non-hydrogen) atoms. The van der Waals surface area contributed by atoms with E-state index in [1.165, 1.54) is 0 Å². The van der Waals surface area contributed by atoms with Crippen LogP contribution in [0.3, 0.4) is 0 Å². The number of aromatic amines is 1. The number of hydrogen-bond donors (Lipinski definition) is 1. The molecule has 5 rings (SSSR count).